The van der Waals surface area contributed by atoms with Crippen LogP contribution < -0.4 is 5.32 Å². The van der Waals surface area contributed by atoms with Crippen molar-refractivity contribution in [3.63, 3.8) is 0 Å². The van der Waals surface area contributed by atoms with Crippen molar-refractivity contribution in [3.05, 3.63) is 36.4 Å². The summed E-state index contributed by atoms with van der Waals surface area (Å²) in [6.45, 7) is 1.77. The zero-order chi connectivity index (χ0) is 17.2. The van der Waals surface area contributed by atoms with E-state index in [1.807, 2.05) is 12.1 Å². The maximum absolute atomic E-state index is 12.1. The van der Waals surface area contributed by atoms with Crippen LogP contribution in [0, 0.1) is 6.92 Å². The van der Waals surface area contributed by atoms with Gasteiger partial charge in [-0.2, -0.15) is 0 Å². The molecular weight excluding hydrogens is 340 g/mol. The molecule has 3 heterocycles. The number of anilines is 1. The second-order valence-corrected chi connectivity index (χ2v) is 6.75. The molecule has 0 saturated heterocycles. The lowest BCUT2D eigenvalue weighted by Crippen LogP contribution is -2.14. The van der Waals surface area contributed by atoms with Gasteiger partial charge in [-0.05, 0) is 31.9 Å². The topological polar surface area (TPSA) is 98.7 Å². The number of hydrogen-bond acceptors (Lipinski definition) is 7. The predicted molar refractivity (Wildman–Crippen MR) is 92.1 cm³/mol. The van der Waals surface area contributed by atoms with Gasteiger partial charge in [-0.15, -0.1) is 10.2 Å². The van der Waals surface area contributed by atoms with Crippen LogP contribution in [0.5, 0.6) is 0 Å². The van der Waals surface area contributed by atoms with Crippen molar-refractivity contribution in [2.24, 2.45) is 0 Å². The van der Waals surface area contributed by atoms with E-state index in [0.29, 0.717) is 17.6 Å². The van der Waals surface area contributed by atoms with E-state index in [4.69, 9.17) is 4.52 Å². The zero-order valence-electron chi connectivity index (χ0n) is 13.5. The molecule has 1 N–H and O–H groups in total. The van der Waals surface area contributed by atoms with Crippen LogP contribution in [-0.2, 0) is 4.79 Å². The first kappa shape index (κ1) is 15.8. The lowest BCUT2D eigenvalue weighted by molar-refractivity contribution is -0.113. The maximum atomic E-state index is 12.1. The molecule has 128 valence electrons. The molecule has 3 aromatic heterocycles. The Morgan fingerprint density at radius 3 is 3.00 bits per heavy atom. The van der Waals surface area contributed by atoms with Gasteiger partial charge in [0.15, 0.2) is 16.8 Å². The average molecular weight is 356 g/mol. The highest BCUT2D eigenvalue weighted by Crippen LogP contribution is 2.40. The summed E-state index contributed by atoms with van der Waals surface area (Å²) in [5.74, 6) is 1.93. The van der Waals surface area contributed by atoms with Gasteiger partial charge in [0.2, 0.25) is 5.91 Å². The van der Waals surface area contributed by atoms with Gasteiger partial charge >= 0.3 is 0 Å². The normalized spacial score (nSPS) is 13.8. The van der Waals surface area contributed by atoms with E-state index in [-0.39, 0.29) is 11.7 Å². The Balaban J connectivity index is 1.47. The first-order chi connectivity index (χ1) is 12.2. The van der Waals surface area contributed by atoms with Crippen molar-refractivity contribution in [1.82, 2.24) is 24.9 Å². The number of nitrogens with zero attached hydrogens (tertiary/aromatic N) is 5. The first-order valence-corrected chi connectivity index (χ1v) is 8.90. The number of carbonyl (C=O) groups is 1. The quantitative estimate of drug-likeness (QED) is 0.678. The molecule has 0 aliphatic heterocycles. The Labute approximate surface area is 148 Å². The monoisotopic (exact) mass is 356 g/mol. The summed E-state index contributed by atoms with van der Waals surface area (Å²) in [4.78, 5) is 16.2. The number of rotatable bonds is 6. The lowest BCUT2D eigenvalue weighted by Gasteiger charge is -2.08. The standard InChI is InChI=1S/C16H16N6O2S/c1-10-7-13(21-24-10)18-14(23)9-25-16-20-19-15(22(16)12-4-5-12)11-3-2-6-17-8-11/h2-3,6-8,12H,4-5,9H2,1H3,(H,18,21,23). The number of carbonyl (C=O) groups excluding carboxylic acids is 1. The number of pyridine rings is 1. The molecule has 1 fully saturated rings. The van der Waals surface area contributed by atoms with Gasteiger partial charge in [0.05, 0.1) is 5.75 Å². The fraction of sp³-hybridized carbons (Fsp3) is 0.312. The van der Waals surface area contributed by atoms with E-state index < -0.39 is 0 Å². The third-order valence-electron chi connectivity index (χ3n) is 3.72. The van der Waals surface area contributed by atoms with Gasteiger partial charge < -0.3 is 9.84 Å². The Bertz CT molecular complexity index is 887. The third-order valence-corrected chi connectivity index (χ3v) is 4.67. The van der Waals surface area contributed by atoms with Crippen LogP contribution in [0.25, 0.3) is 11.4 Å². The number of thioether (sulfide) groups is 1. The highest BCUT2D eigenvalue weighted by atomic mass is 32.2. The Morgan fingerprint density at radius 2 is 2.32 bits per heavy atom. The van der Waals surface area contributed by atoms with E-state index in [0.717, 1.165) is 29.4 Å². The summed E-state index contributed by atoms with van der Waals surface area (Å²) in [5, 5.41) is 15.8. The molecule has 0 radical (unpaired) electrons. The van der Waals surface area contributed by atoms with Crippen molar-refractivity contribution in [1.29, 1.82) is 0 Å². The summed E-state index contributed by atoms with van der Waals surface area (Å²) in [5.41, 5.74) is 0.927. The summed E-state index contributed by atoms with van der Waals surface area (Å²) < 4.78 is 7.04. The molecule has 1 aliphatic carbocycles. The second-order valence-electron chi connectivity index (χ2n) is 5.81. The van der Waals surface area contributed by atoms with Crippen LogP contribution in [0.3, 0.4) is 0 Å². The molecule has 9 heteroatoms. The van der Waals surface area contributed by atoms with Crippen molar-refractivity contribution in [2.75, 3.05) is 11.1 Å². The molecule has 3 aromatic rings. The van der Waals surface area contributed by atoms with Gasteiger partial charge in [-0.1, -0.05) is 16.9 Å². The van der Waals surface area contributed by atoms with Crippen LogP contribution in [0.4, 0.5) is 5.82 Å². The number of nitrogens with one attached hydrogen (secondary N) is 1. The van der Waals surface area contributed by atoms with Gasteiger partial charge in [0.1, 0.15) is 5.76 Å². The largest absolute Gasteiger partial charge is 0.360 e. The molecule has 0 bridgehead atoms. The molecule has 0 aromatic carbocycles. The average Bonchev–Trinajstić information content (AvgIpc) is 3.24. The Hall–Kier alpha value is -2.68. The fourth-order valence-corrected chi connectivity index (χ4v) is 3.27. The van der Waals surface area contributed by atoms with Gasteiger partial charge in [-0.25, -0.2) is 0 Å². The van der Waals surface area contributed by atoms with E-state index >= 15 is 0 Å². The van der Waals surface area contributed by atoms with E-state index in [1.165, 1.54) is 11.8 Å². The molecule has 4 rings (SSSR count). The van der Waals surface area contributed by atoms with Crippen LogP contribution in [0.1, 0.15) is 24.6 Å². The second kappa shape index (κ2) is 6.67. The van der Waals surface area contributed by atoms with Crippen LogP contribution >= 0.6 is 11.8 Å². The van der Waals surface area contributed by atoms with Gasteiger partial charge in [-0.3, -0.25) is 14.3 Å². The molecule has 1 aliphatic rings. The van der Waals surface area contributed by atoms with E-state index in [9.17, 15) is 4.79 Å². The minimum atomic E-state index is -0.161. The van der Waals surface area contributed by atoms with Crippen molar-refractivity contribution >= 4 is 23.5 Å². The van der Waals surface area contributed by atoms with E-state index in [2.05, 4.69) is 30.2 Å². The molecule has 0 spiro atoms. The molecule has 0 unspecified atom stereocenters. The smallest absolute Gasteiger partial charge is 0.236 e. The predicted octanol–water partition coefficient (Wildman–Crippen LogP) is 2.70. The summed E-state index contributed by atoms with van der Waals surface area (Å²) >= 11 is 1.36. The molecule has 25 heavy (non-hydrogen) atoms. The maximum Gasteiger partial charge on any atom is 0.236 e. The third kappa shape index (κ3) is 3.55. The minimum Gasteiger partial charge on any atom is -0.360 e. The fourth-order valence-electron chi connectivity index (χ4n) is 2.46. The molecule has 1 amide bonds. The minimum absolute atomic E-state index is 0.161. The number of aromatic nitrogens is 5. The van der Waals surface area contributed by atoms with Crippen LogP contribution in [0.15, 0.2) is 40.3 Å². The number of aryl methyl sites for hydroxylation is 1. The molecule has 0 atom stereocenters. The van der Waals surface area contributed by atoms with Crippen molar-refractivity contribution in [3.8, 4) is 11.4 Å². The van der Waals surface area contributed by atoms with Crippen LogP contribution in [0.2, 0.25) is 0 Å². The molecule has 8 nitrogen and oxygen atoms in total. The van der Waals surface area contributed by atoms with Gasteiger partial charge in [0, 0.05) is 30.1 Å². The highest BCUT2D eigenvalue weighted by molar-refractivity contribution is 7.99. The SMILES string of the molecule is Cc1cc(NC(=O)CSc2nnc(-c3cccnc3)n2C2CC2)no1. The van der Waals surface area contributed by atoms with E-state index in [1.54, 1.807) is 25.4 Å². The molecule has 1 saturated carbocycles. The van der Waals surface area contributed by atoms with Crippen molar-refractivity contribution in [2.45, 2.75) is 31.0 Å². The summed E-state index contributed by atoms with van der Waals surface area (Å²) in [7, 11) is 0. The highest BCUT2D eigenvalue weighted by Gasteiger charge is 2.30. The lowest BCUT2D eigenvalue weighted by atomic mass is 10.3. The van der Waals surface area contributed by atoms with Gasteiger partial charge in [0.25, 0.3) is 0 Å². The number of hydrogen-bond donors (Lipinski definition) is 1. The summed E-state index contributed by atoms with van der Waals surface area (Å²) in [6, 6.07) is 5.91. The first-order valence-electron chi connectivity index (χ1n) is 7.92. The number of amides is 1. The van der Waals surface area contributed by atoms with Crippen LogP contribution in [-0.4, -0.2) is 36.6 Å². The van der Waals surface area contributed by atoms with Crippen molar-refractivity contribution < 1.29 is 9.32 Å². The Morgan fingerprint density at radius 1 is 1.44 bits per heavy atom. The summed E-state index contributed by atoms with van der Waals surface area (Å²) in [6.07, 6.45) is 5.70. The molecular formula is C16H16N6O2S. The Kier molecular flexibility index (Phi) is 4.22. The zero-order valence-corrected chi connectivity index (χ0v) is 14.4.